The van der Waals surface area contributed by atoms with Crippen LogP contribution in [-0.2, 0) is 0 Å². The smallest absolute Gasteiger partial charge is 0.349 e. The number of H-pyrrole nitrogens is 1. The SMILES string of the molecule is O=C(c1cc(Oc2c(Cl)cc(-n3ncc(=O)[nH]c3=O)cc2Cl)ccc1O)N1CCC(c2ccccc2)CC1. The summed E-state index contributed by atoms with van der Waals surface area (Å²) in [5.41, 5.74) is 0.191. The molecule has 1 aliphatic rings. The third-order valence-corrected chi connectivity index (χ3v) is 6.97. The van der Waals surface area contributed by atoms with E-state index in [2.05, 4.69) is 22.2 Å². The summed E-state index contributed by atoms with van der Waals surface area (Å²) in [6, 6.07) is 17.3. The summed E-state index contributed by atoms with van der Waals surface area (Å²) in [6.07, 6.45) is 2.61. The minimum atomic E-state index is -0.757. The lowest BCUT2D eigenvalue weighted by molar-refractivity contribution is 0.0709. The number of halogens is 2. The molecule has 0 spiro atoms. The molecule has 9 nitrogen and oxygen atoms in total. The number of aromatic nitrogens is 3. The maximum Gasteiger partial charge on any atom is 0.349 e. The summed E-state index contributed by atoms with van der Waals surface area (Å²) in [4.78, 5) is 40.4. The Morgan fingerprint density at radius 1 is 1.00 bits per heavy atom. The second-order valence-electron chi connectivity index (χ2n) is 8.85. The van der Waals surface area contributed by atoms with Crippen LogP contribution in [0.4, 0.5) is 0 Å². The molecule has 1 saturated heterocycles. The molecular weight excluding hydrogens is 531 g/mol. The molecule has 0 radical (unpaired) electrons. The number of aromatic hydroxyl groups is 1. The van der Waals surface area contributed by atoms with Crippen molar-refractivity contribution in [3.63, 3.8) is 0 Å². The quantitative estimate of drug-likeness (QED) is 0.369. The Labute approximate surface area is 226 Å². The lowest BCUT2D eigenvalue weighted by Gasteiger charge is -2.32. The Hall–Kier alpha value is -4.08. The van der Waals surface area contributed by atoms with E-state index in [9.17, 15) is 19.5 Å². The van der Waals surface area contributed by atoms with Gasteiger partial charge in [0.05, 0.1) is 21.3 Å². The van der Waals surface area contributed by atoms with Crippen molar-refractivity contribution in [3.05, 3.63) is 109 Å². The molecule has 1 aromatic heterocycles. The number of nitrogens with one attached hydrogen (secondary N) is 1. The standard InChI is InChI=1S/C27H22Cl2N4O5/c28-21-12-18(33-27(37)31-24(35)15-30-33)13-22(29)25(21)38-19-6-7-23(34)20(14-19)26(36)32-10-8-17(9-11-32)16-4-2-1-3-5-16/h1-7,12-15,17,34H,8-11H2,(H,31,35,37). The van der Waals surface area contributed by atoms with Gasteiger partial charge in [0.1, 0.15) is 17.7 Å². The third kappa shape index (κ3) is 5.29. The van der Waals surface area contributed by atoms with Crippen molar-refractivity contribution in [2.45, 2.75) is 18.8 Å². The number of piperidine rings is 1. The van der Waals surface area contributed by atoms with E-state index in [1.165, 1.54) is 35.9 Å². The van der Waals surface area contributed by atoms with Crippen LogP contribution in [0.15, 0.2) is 76.4 Å². The first-order chi connectivity index (χ1) is 18.3. The molecular formula is C27H22Cl2N4O5. The molecule has 38 heavy (non-hydrogen) atoms. The van der Waals surface area contributed by atoms with Gasteiger partial charge in [-0.1, -0.05) is 53.5 Å². The van der Waals surface area contributed by atoms with Gasteiger partial charge in [0.2, 0.25) is 0 Å². The van der Waals surface area contributed by atoms with E-state index in [-0.39, 0.29) is 44.5 Å². The highest BCUT2D eigenvalue weighted by atomic mass is 35.5. The summed E-state index contributed by atoms with van der Waals surface area (Å²) in [7, 11) is 0. The predicted octanol–water partition coefficient (Wildman–Crippen LogP) is 4.75. The number of carbonyl (C=O) groups is 1. The van der Waals surface area contributed by atoms with E-state index in [1.54, 1.807) is 4.90 Å². The molecule has 1 fully saturated rings. The van der Waals surface area contributed by atoms with E-state index in [0.717, 1.165) is 23.7 Å². The van der Waals surface area contributed by atoms with Gasteiger partial charge in [-0.15, -0.1) is 0 Å². The largest absolute Gasteiger partial charge is 0.507 e. The van der Waals surface area contributed by atoms with Gasteiger partial charge in [-0.05, 0) is 54.7 Å². The van der Waals surface area contributed by atoms with Crippen LogP contribution in [0.3, 0.4) is 0 Å². The molecule has 3 aromatic carbocycles. The van der Waals surface area contributed by atoms with Crippen molar-refractivity contribution in [1.82, 2.24) is 19.7 Å². The first-order valence-electron chi connectivity index (χ1n) is 11.8. The third-order valence-electron chi connectivity index (χ3n) is 6.41. The molecule has 4 aromatic rings. The van der Waals surface area contributed by atoms with Gasteiger partial charge in [0, 0.05) is 13.1 Å². The Bertz CT molecular complexity index is 1590. The molecule has 2 heterocycles. The number of carbonyl (C=O) groups excluding carboxylic acids is 1. The molecule has 5 rings (SSSR count). The molecule has 1 aliphatic heterocycles. The van der Waals surface area contributed by atoms with E-state index in [4.69, 9.17) is 27.9 Å². The minimum absolute atomic E-state index is 0.0661. The number of benzene rings is 3. The summed E-state index contributed by atoms with van der Waals surface area (Å²) in [5.74, 6) is 0.251. The fraction of sp³-hybridized carbons (Fsp3) is 0.185. The zero-order chi connectivity index (χ0) is 26.8. The molecule has 11 heteroatoms. The highest BCUT2D eigenvalue weighted by molar-refractivity contribution is 6.37. The van der Waals surface area contributed by atoms with Crippen molar-refractivity contribution in [1.29, 1.82) is 0 Å². The average Bonchev–Trinajstić information content (AvgIpc) is 2.92. The van der Waals surface area contributed by atoms with Crippen LogP contribution in [0.5, 0.6) is 17.2 Å². The van der Waals surface area contributed by atoms with Crippen molar-refractivity contribution >= 4 is 29.1 Å². The molecule has 0 unspecified atom stereocenters. The molecule has 0 aliphatic carbocycles. The topological polar surface area (TPSA) is 118 Å². The van der Waals surface area contributed by atoms with Gasteiger partial charge >= 0.3 is 5.69 Å². The van der Waals surface area contributed by atoms with Crippen LogP contribution in [0.1, 0.15) is 34.7 Å². The van der Waals surface area contributed by atoms with Crippen LogP contribution in [0, 0.1) is 0 Å². The van der Waals surface area contributed by atoms with Crippen LogP contribution in [0.25, 0.3) is 5.69 Å². The minimum Gasteiger partial charge on any atom is -0.507 e. The number of hydrogen-bond acceptors (Lipinski definition) is 6. The number of likely N-dealkylation sites (tertiary alicyclic amines) is 1. The summed E-state index contributed by atoms with van der Waals surface area (Å²) >= 11 is 12.8. The summed E-state index contributed by atoms with van der Waals surface area (Å²) < 4.78 is 6.81. The number of rotatable bonds is 5. The number of amides is 1. The van der Waals surface area contributed by atoms with Crippen molar-refractivity contribution in [2.24, 2.45) is 0 Å². The lowest BCUT2D eigenvalue weighted by Crippen LogP contribution is -2.37. The number of aromatic amines is 1. The molecule has 194 valence electrons. The van der Waals surface area contributed by atoms with Crippen LogP contribution in [-0.4, -0.2) is 43.8 Å². The Morgan fingerprint density at radius 3 is 2.34 bits per heavy atom. The van der Waals surface area contributed by atoms with Gasteiger partial charge < -0.3 is 14.7 Å². The second kappa shape index (κ2) is 10.7. The van der Waals surface area contributed by atoms with Crippen LogP contribution in [0.2, 0.25) is 10.0 Å². The van der Waals surface area contributed by atoms with Crippen molar-refractivity contribution in [2.75, 3.05) is 13.1 Å². The maximum atomic E-state index is 13.3. The van der Waals surface area contributed by atoms with Gasteiger partial charge in [0.15, 0.2) is 5.75 Å². The molecule has 2 N–H and O–H groups in total. The van der Waals surface area contributed by atoms with Crippen molar-refractivity contribution < 1.29 is 14.6 Å². The first kappa shape index (κ1) is 25.6. The van der Waals surface area contributed by atoms with E-state index in [1.807, 2.05) is 18.2 Å². The first-order valence-corrected chi connectivity index (χ1v) is 12.6. The maximum absolute atomic E-state index is 13.3. The Kier molecular flexibility index (Phi) is 7.22. The molecule has 1 amide bonds. The Morgan fingerprint density at radius 2 is 1.68 bits per heavy atom. The number of ether oxygens (including phenoxy) is 1. The summed E-state index contributed by atoms with van der Waals surface area (Å²) in [5, 5.41) is 14.3. The normalized spacial score (nSPS) is 13.9. The zero-order valence-electron chi connectivity index (χ0n) is 19.9. The van der Waals surface area contributed by atoms with Crippen LogP contribution >= 0.6 is 23.2 Å². The fourth-order valence-electron chi connectivity index (χ4n) is 4.48. The van der Waals surface area contributed by atoms with E-state index < -0.39 is 11.2 Å². The molecule has 0 bridgehead atoms. The highest BCUT2D eigenvalue weighted by Crippen LogP contribution is 2.39. The number of nitrogens with zero attached hydrogens (tertiary/aromatic N) is 3. The van der Waals surface area contributed by atoms with Crippen LogP contribution < -0.4 is 16.0 Å². The van der Waals surface area contributed by atoms with Gasteiger partial charge in [0.25, 0.3) is 11.5 Å². The lowest BCUT2D eigenvalue weighted by atomic mass is 9.89. The highest BCUT2D eigenvalue weighted by Gasteiger charge is 2.26. The number of phenolic OH excluding ortho intramolecular Hbond substituents is 1. The van der Waals surface area contributed by atoms with Crippen molar-refractivity contribution in [3.8, 4) is 22.9 Å². The molecule has 0 atom stereocenters. The summed E-state index contributed by atoms with van der Waals surface area (Å²) in [6.45, 7) is 1.14. The van der Waals surface area contributed by atoms with E-state index in [0.29, 0.717) is 19.0 Å². The number of hydrogen-bond donors (Lipinski definition) is 2. The number of phenols is 1. The van der Waals surface area contributed by atoms with E-state index >= 15 is 0 Å². The van der Waals surface area contributed by atoms with Gasteiger partial charge in [-0.2, -0.15) is 9.78 Å². The van der Waals surface area contributed by atoms with Gasteiger partial charge in [-0.25, -0.2) is 4.79 Å². The predicted molar refractivity (Wildman–Crippen MR) is 143 cm³/mol. The fourth-order valence-corrected chi connectivity index (χ4v) is 5.04. The average molecular weight is 553 g/mol. The monoisotopic (exact) mass is 552 g/mol. The second-order valence-corrected chi connectivity index (χ2v) is 9.66. The van der Waals surface area contributed by atoms with Gasteiger partial charge in [-0.3, -0.25) is 14.6 Å². The molecule has 0 saturated carbocycles. The zero-order valence-corrected chi connectivity index (χ0v) is 21.4. The Balaban J connectivity index is 1.34.